The van der Waals surface area contributed by atoms with E-state index in [1.54, 1.807) is 18.2 Å². The molecule has 0 unspecified atom stereocenters. The normalized spacial score (nSPS) is 12.3. The van der Waals surface area contributed by atoms with Gasteiger partial charge in [-0.1, -0.05) is 78.9 Å². The van der Waals surface area contributed by atoms with Crippen LogP contribution in [0.15, 0.2) is 97.1 Å². The average molecular weight is 564 g/mol. The Balaban J connectivity index is 0.000000648. The summed E-state index contributed by atoms with van der Waals surface area (Å²) in [5, 5.41) is 3.34. The summed E-state index contributed by atoms with van der Waals surface area (Å²) in [4.78, 5) is 21.6. The molecule has 0 fully saturated rings. The smallest absolute Gasteiger partial charge is 0.303 e. The van der Waals surface area contributed by atoms with Gasteiger partial charge in [0, 0.05) is 0 Å². The lowest BCUT2D eigenvalue weighted by Crippen LogP contribution is -2.11. The van der Waals surface area contributed by atoms with E-state index >= 15 is 0 Å². The summed E-state index contributed by atoms with van der Waals surface area (Å²) in [5.41, 5.74) is -1.20. The standard InChI is InChI=1S/C28H16F6.H3O4P/c29-27(30,31)20-14-19(15-21(16-20)28(32,33)34)24-13-12-18-7-2-4-10-23(18)26(24)25-11-5-8-17-6-1-3-9-22(17)25;1-5(2,3)4/h1-16H;(H3,1,2,3,4). The van der Waals surface area contributed by atoms with E-state index < -0.39 is 31.3 Å². The largest absolute Gasteiger partial charge is 0.466 e. The zero-order valence-corrected chi connectivity index (χ0v) is 20.6. The van der Waals surface area contributed by atoms with Gasteiger partial charge in [0.2, 0.25) is 0 Å². The molecule has 5 aromatic rings. The van der Waals surface area contributed by atoms with Crippen molar-refractivity contribution in [3.8, 4) is 22.3 Å². The molecule has 0 atom stereocenters. The summed E-state index contributed by atoms with van der Waals surface area (Å²) in [6, 6.07) is 25.5. The number of phosphoric acid groups is 1. The van der Waals surface area contributed by atoms with Gasteiger partial charge in [-0.3, -0.25) is 0 Å². The zero-order valence-electron chi connectivity index (χ0n) is 19.7. The van der Waals surface area contributed by atoms with Crippen molar-refractivity contribution in [1.29, 1.82) is 0 Å². The second kappa shape index (κ2) is 10.5. The highest BCUT2D eigenvalue weighted by molar-refractivity contribution is 7.45. The van der Waals surface area contributed by atoms with E-state index in [-0.39, 0.29) is 11.6 Å². The van der Waals surface area contributed by atoms with Crippen LogP contribution in [0.3, 0.4) is 0 Å². The summed E-state index contributed by atoms with van der Waals surface area (Å²) in [6.07, 6.45) is -9.85. The predicted octanol–water partition coefficient (Wildman–Crippen LogP) is 8.44. The van der Waals surface area contributed by atoms with Gasteiger partial charge in [-0.25, -0.2) is 4.57 Å². The van der Waals surface area contributed by atoms with Crippen molar-refractivity contribution in [3.63, 3.8) is 0 Å². The monoisotopic (exact) mass is 564 g/mol. The second-order valence-electron chi connectivity index (χ2n) is 8.54. The Bertz CT molecular complexity index is 1660. The van der Waals surface area contributed by atoms with Crippen molar-refractivity contribution in [2.24, 2.45) is 0 Å². The van der Waals surface area contributed by atoms with Crippen molar-refractivity contribution in [2.75, 3.05) is 0 Å². The van der Waals surface area contributed by atoms with Crippen LogP contribution in [0.25, 0.3) is 43.8 Å². The average Bonchev–Trinajstić information content (AvgIpc) is 2.85. The Kier molecular flexibility index (Phi) is 7.60. The fraction of sp³-hybridized carbons (Fsp3) is 0.0714. The highest BCUT2D eigenvalue weighted by Gasteiger charge is 2.37. The van der Waals surface area contributed by atoms with E-state index in [1.165, 1.54) is 0 Å². The molecule has 3 N–H and O–H groups in total. The Labute approximate surface area is 218 Å². The first kappa shape index (κ1) is 28.3. The van der Waals surface area contributed by atoms with Gasteiger partial charge in [0.25, 0.3) is 0 Å². The summed E-state index contributed by atoms with van der Waals surface area (Å²) >= 11 is 0. The molecule has 0 aliphatic rings. The van der Waals surface area contributed by atoms with Crippen LogP contribution in [-0.4, -0.2) is 14.7 Å². The minimum Gasteiger partial charge on any atom is -0.303 e. The van der Waals surface area contributed by atoms with Gasteiger partial charge in [-0.2, -0.15) is 26.3 Å². The van der Waals surface area contributed by atoms with E-state index in [2.05, 4.69) is 0 Å². The molecule has 0 saturated carbocycles. The van der Waals surface area contributed by atoms with Crippen molar-refractivity contribution in [2.45, 2.75) is 12.4 Å². The zero-order chi connectivity index (χ0) is 28.6. The van der Waals surface area contributed by atoms with Crippen LogP contribution in [0.5, 0.6) is 0 Å². The van der Waals surface area contributed by atoms with Crippen LogP contribution < -0.4 is 0 Å². The van der Waals surface area contributed by atoms with Gasteiger partial charge in [0.1, 0.15) is 0 Å². The SMILES string of the molecule is FC(F)(F)c1cc(-c2ccc3ccccc3c2-c2cccc3ccccc23)cc(C(F)(F)F)c1.O=P(O)(O)O. The maximum atomic E-state index is 13.6. The van der Waals surface area contributed by atoms with E-state index in [0.29, 0.717) is 11.1 Å². The fourth-order valence-electron chi connectivity index (χ4n) is 4.36. The molecule has 39 heavy (non-hydrogen) atoms. The van der Waals surface area contributed by atoms with Crippen molar-refractivity contribution in [3.05, 3.63) is 108 Å². The van der Waals surface area contributed by atoms with Gasteiger partial charge < -0.3 is 14.7 Å². The molecule has 5 aromatic carbocycles. The van der Waals surface area contributed by atoms with Gasteiger partial charge >= 0.3 is 20.2 Å². The lowest BCUT2D eigenvalue weighted by Gasteiger charge is -2.19. The van der Waals surface area contributed by atoms with Gasteiger partial charge in [0.05, 0.1) is 11.1 Å². The molecule has 0 amide bonds. The van der Waals surface area contributed by atoms with Crippen LogP contribution in [0.4, 0.5) is 26.3 Å². The molecule has 0 aliphatic heterocycles. The van der Waals surface area contributed by atoms with E-state index in [4.69, 9.17) is 19.2 Å². The number of alkyl halides is 6. The van der Waals surface area contributed by atoms with Crippen LogP contribution in [0.1, 0.15) is 11.1 Å². The van der Waals surface area contributed by atoms with E-state index in [1.807, 2.05) is 60.7 Å². The molecule has 0 spiro atoms. The first-order chi connectivity index (χ1) is 18.1. The Hall–Kier alpha value is -3.69. The first-order valence-electron chi connectivity index (χ1n) is 11.2. The number of halogens is 6. The van der Waals surface area contributed by atoms with E-state index in [9.17, 15) is 26.3 Å². The number of benzene rings is 5. The van der Waals surface area contributed by atoms with Crippen molar-refractivity contribution < 1.29 is 45.6 Å². The quantitative estimate of drug-likeness (QED) is 0.149. The predicted molar refractivity (Wildman–Crippen MR) is 137 cm³/mol. The topological polar surface area (TPSA) is 77.8 Å². The van der Waals surface area contributed by atoms with E-state index in [0.717, 1.165) is 39.2 Å². The first-order valence-corrected chi connectivity index (χ1v) is 12.8. The summed E-state index contributed by atoms with van der Waals surface area (Å²) in [5.74, 6) is 0. The Morgan fingerprint density at radius 1 is 0.538 bits per heavy atom. The molecule has 11 heteroatoms. The third-order valence-corrected chi connectivity index (χ3v) is 5.89. The summed E-state index contributed by atoms with van der Waals surface area (Å²) in [6.45, 7) is 0. The molecular formula is C28H19F6O4P. The highest BCUT2D eigenvalue weighted by atomic mass is 31.2. The maximum Gasteiger partial charge on any atom is 0.466 e. The molecule has 0 bridgehead atoms. The third kappa shape index (κ3) is 6.66. The number of fused-ring (bicyclic) bond motifs is 2. The fourth-order valence-corrected chi connectivity index (χ4v) is 4.36. The van der Waals surface area contributed by atoms with Crippen LogP contribution in [0.2, 0.25) is 0 Å². The molecule has 5 rings (SSSR count). The van der Waals surface area contributed by atoms with Crippen LogP contribution in [-0.2, 0) is 16.9 Å². The molecule has 0 saturated heterocycles. The highest BCUT2D eigenvalue weighted by Crippen LogP contribution is 2.44. The summed E-state index contributed by atoms with van der Waals surface area (Å²) in [7, 11) is -4.64. The number of hydrogen-bond acceptors (Lipinski definition) is 1. The maximum absolute atomic E-state index is 13.6. The molecule has 0 heterocycles. The molecule has 202 valence electrons. The van der Waals surface area contributed by atoms with Crippen molar-refractivity contribution >= 4 is 29.4 Å². The van der Waals surface area contributed by atoms with Crippen LogP contribution in [0, 0.1) is 0 Å². The lowest BCUT2D eigenvalue weighted by atomic mass is 9.86. The molecular weight excluding hydrogens is 545 g/mol. The van der Waals surface area contributed by atoms with Gasteiger partial charge in [-0.15, -0.1) is 0 Å². The lowest BCUT2D eigenvalue weighted by molar-refractivity contribution is -0.143. The van der Waals surface area contributed by atoms with Crippen LogP contribution >= 0.6 is 7.82 Å². The minimum absolute atomic E-state index is 0.143. The molecule has 4 nitrogen and oxygen atoms in total. The number of hydrogen-bond donors (Lipinski definition) is 3. The Morgan fingerprint density at radius 3 is 1.54 bits per heavy atom. The molecule has 0 radical (unpaired) electrons. The van der Waals surface area contributed by atoms with Crippen molar-refractivity contribution in [1.82, 2.24) is 0 Å². The summed E-state index contributed by atoms with van der Waals surface area (Å²) < 4.78 is 90.3. The Morgan fingerprint density at radius 2 is 1.00 bits per heavy atom. The molecule has 0 aromatic heterocycles. The second-order valence-corrected chi connectivity index (χ2v) is 9.57. The minimum atomic E-state index is -4.92. The molecule has 0 aliphatic carbocycles. The van der Waals surface area contributed by atoms with Gasteiger partial charge in [0.15, 0.2) is 0 Å². The van der Waals surface area contributed by atoms with Gasteiger partial charge in [-0.05, 0) is 62.0 Å². The number of rotatable bonds is 2. The third-order valence-electron chi connectivity index (χ3n) is 5.89.